The summed E-state index contributed by atoms with van der Waals surface area (Å²) in [6, 6.07) is 3.68. The van der Waals surface area contributed by atoms with Crippen LogP contribution in [0.15, 0.2) is 23.0 Å². The third-order valence-corrected chi connectivity index (χ3v) is 5.86. The average Bonchev–Trinajstić information content (AvgIpc) is 3.05. The van der Waals surface area contributed by atoms with Crippen LogP contribution in [0, 0.1) is 10.1 Å². The molecule has 4 rings (SSSR count). The van der Waals surface area contributed by atoms with E-state index >= 15 is 0 Å². The van der Waals surface area contributed by atoms with Gasteiger partial charge in [0.05, 0.1) is 15.9 Å². The molecule has 0 amide bonds. The number of nitrogens with two attached hydrogens (primary N) is 1. The highest BCUT2D eigenvalue weighted by Gasteiger charge is 2.21. The van der Waals surface area contributed by atoms with Crippen LogP contribution in [-0.4, -0.2) is 20.9 Å². The lowest BCUT2D eigenvalue weighted by molar-refractivity contribution is -0.383. The number of rotatable bonds is 4. The molecule has 0 fully saturated rings. The fraction of sp³-hybridized carbons (Fsp3) is 0.278. The van der Waals surface area contributed by atoms with Crippen LogP contribution < -0.4 is 11.3 Å². The van der Waals surface area contributed by atoms with E-state index in [-0.39, 0.29) is 34.9 Å². The molecule has 3 N–H and O–H groups in total. The number of carbonyl (C=O) groups is 1. The number of nitro benzene ring substituents is 1. The number of anilines is 1. The van der Waals surface area contributed by atoms with E-state index in [1.165, 1.54) is 28.3 Å². The number of nitrogen functional groups attached to an aromatic ring is 1. The van der Waals surface area contributed by atoms with Gasteiger partial charge in [-0.1, -0.05) is 0 Å². The number of nitro groups is 1. The van der Waals surface area contributed by atoms with E-state index in [4.69, 9.17) is 10.5 Å². The molecule has 0 radical (unpaired) electrons. The van der Waals surface area contributed by atoms with Crippen LogP contribution in [0.1, 0.15) is 39.5 Å². The van der Waals surface area contributed by atoms with Gasteiger partial charge in [-0.3, -0.25) is 14.9 Å². The van der Waals surface area contributed by atoms with Crippen molar-refractivity contribution in [3.05, 3.63) is 60.5 Å². The quantitative estimate of drug-likeness (QED) is 0.297. The maximum Gasteiger partial charge on any atom is 0.338 e. The van der Waals surface area contributed by atoms with Crippen molar-refractivity contribution in [1.29, 1.82) is 0 Å². The van der Waals surface area contributed by atoms with Crippen molar-refractivity contribution < 1.29 is 14.5 Å². The van der Waals surface area contributed by atoms with Crippen molar-refractivity contribution in [3.63, 3.8) is 0 Å². The number of H-pyrrole nitrogens is 1. The predicted octanol–water partition coefficient (Wildman–Crippen LogP) is 2.71. The second kappa shape index (κ2) is 7.04. The first-order chi connectivity index (χ1) is 13.4. The Hall–Kier alpha value is -3.27. The van der Waals surface area contributed by atoms with E-state index in [2.05, 4.69) is 9.97 Å². The normalized spacial score (nSPS) is 13.3. The van der Waals surface area contributed by atoms with Crippen LogP contribution in [0.3, 0.4) is 0 Å². The SMILES string of the molecule is Nc1ccc(C(=O)OCc2nc3sc4c(c3c(=O)[nH]2)CCCC4)cc1[N+](=O)[O-]. The summed E-state index contributed by atoms with van der Waals surface area (Å²) < 4.78 is 5.16. The second-order valence-electron chi connectivity index (χ2n) is 6.51. The molecule has 3 aromatic rings. The average molecular weight is 400 g/mol. The molecule has 9 nitrogen and oxygen atoms in total. The summed E-state index contributed by atoms with van der Waals surface area (Å²) in [5, 5.41) is 11.6. The van der Waals surface area contributed by atoms with Gasteiger partial charge in [-0.2, -0.15) is 0 Å². The Kier molecular flexibility index (Phi) is 4.55. The molecule has 0 unspecified atom stereocenters. The first-order valence-electron chi connectivity index (χ1n) is 8.68. The topological polar surface area (TPSA) is 141 Å². The van der Waals surface area contributed by atoms with E-state index in [9.17, 15) is 19.7 Å². The van der Waals surface area contributed by atoms with Crippen molar-refractivity contribution in [2.24, 2.45) is 0 Å². The van der Waals surface area contributed by atoms with Gasteiger partial charge in [-0.25, -0.2) is 9.78 Å². The van der Waals surface area contributed by atoms with Gasteiger partial charge in [0.15, 0.2) is 0 Å². The van der Waals surface area contributed by atoms with Gasteiger partial charge in [0.1, 0.15) is 22.9 Å². The molecule has 1 aliphatic rings. The van der Waals surface area contributed by atoms with Gasteiger partial charge < -0.3 is 15.5 Å². The van der Waals surface area contributed by atoms with Gasteiger partial charge in [-0.15, -0.1) is 11.3 Å². The van der Waals surface area contributed by atoms with Crippen LogP contribution in [0.25, 0.3) is 10.2 Å². The Morgan fingerprint density at radius 1 is 1.36 bits per heavy atom. The van der Waals surface area contributed by atoms with Crippen molar-refractivity contribution in [2.75, 3.05) is 5.73 Å². The number of aromatic nitrogens is 2. The van der Waals surface area contributed by atoms with Crippen LogP contribution in [0.5, 0.6) is 0 Å². The number of thiophene rings is 1. The highest BCUT2D eigenvalue weighted by atomic mass is 32.1. The number of benzene rings is 1. The molecule has 0 bridgehead atoms. The van der Waals surface area contributed by atoms with Crippen LogP contribution in [0.4, 0.5) is 11.4 Å². The highest BCUT2D eigenvalue weighted by Crippen LogP contribution is 2.33. The third kappa shape index (κ3) is 3.22. The van der Waals surface area contributed by atoms with Crippen LogP contribution in [0.2, 0.25) is 0 Å². The Bertz CT molecular complexity index is 1170. The molecule has 0 saturated carbocycles. The van der Waals surface area contributed by atoms with Gasteiger partial charge in [0.2, 0.25) is 0 Å². The lowest BCUT2D eigenvalue weighted by Crippen LogP contribution is -2.15. The number of nitrogens with zero attached hydrogens (tertiary/aromatic N) is 2. The largest absolute Gasteiger partial charge is 0.454 e. The number of ether oxygens (including phenoxy) is 1. The van der Waals surface area contributed by atoms with Crippen LogP contribution >= 0.6 is 11.3 Å². The molecule has 0 aliphatic heterocycles. The first-order valence-corrected chi connectivity index (χ1v) is 9.50. The fourth-order valence-corrected chi connectivity index (χ4v) is 4.60. The Morgan fingerprint density at radius 2 is 2.14 bits per heavy atom. The number of aryl methyl sites for hydroxylation is 2. The number of fused-ring (bicyclic) bond motifs is 3. The van der Waals surface area contributed by atoms with E-state index in [1.54, 1.807) is 0 Å². The lowest BCUT2D eigenvalue weighted by atomic mass is 9.97. The fourth-order valence-electron chi connectivity index (χ4n) is 3.32. The van der Waals surface area contributed by atoms with Crippen molar-refractivity contribution >= 4 is 38.9 Å². The van der Waals surface area contributed by atoms with Crippen molar-refractivity contribution in [1.82, 2.24) is 9.97 Å². The monoisotopic (exact) mass is 400 g/mol. The van der Waals surface area contributed by atoms with E-state index in [0.717, 1.165) is 37.3 Å². The molecule has 2 heterocycles. The summed E-state index contributed by atoms with van der Waals surface area (Å²) in [4.78, 5) is 43.9. The Labute approximate surface area is 162 Å². The maximum atomic E-state index is 12.5. The molecule has 0 saturated heterocycles. The van der Waals surface area contributed by atoms with E-state index in [1.807, 2.05) is 0 Å². The second-order valence-corrected chi connectivity index (χ2v) is 7.59. The number of hydrogen-bond donors (Lipinski definition) is 2. The number of nitrogens with one attached hydrogen (secondary N) is 1. The molecule has 0 atom stereocenters. The highest BCUT2D eigenvalue weighted by molar-refractivity contribution is 7.18. The lowest BCUT2D eigenvalue weighted by Gasteiger charge is -2.09. The van der Waals surface area contributed by atoms with Gasteiger partial charge in [-0.05, 0) is 43.4 Å². The van der Waals surface area contributed by atoms with E-state index in [0.29, 0.717) is 10.2 Å². The summed E-state index contributed by atoms with van der Waals surface area (Å²) in [7, 11) is 0. The molecule has 0 spiro atoms. The smallest absolute Gasteiger partial charge is 0.338 e. The van der Waals surface area contributed by atoms with Gasteiger partial charge >= 0.3 is 5.97 Å². The summed E-state index contributed by atoms with van der Waals surface area (Å²) in [5.74, 6) is -0.536. The zero-order chi connectivity index (χ0) is 19.8. The minimum absolute atomic E-state index is 0.00378. The molecular weight excluding hydrogens is 384 g/mol. The van der Waals surface area contributed by atoms with Crippen molar-refractivity contribution in [3.8, 4) is 0 Å². The number of hydrogen-bond acceptors (Lipinski definition) is 8. The number of carbonyl (C=O) groups excluding carboxylic acids is 1. The molecule has 1 aliphatic carbocycles. The standard InChI is InChI=1S/C18H16N4O5S/c19-11-6-5-9(7-12(11)22(25)26)18(24)27-8-14-20-16(23)15-10-3-1-2-4-13(10)28-17(15)21-14/h5-7H,1-4,8,19H2,(H,20,21,23). The molecule has 144 valence electrons. The van der Waals surface area contributed by atoms with Gasteiger partial charge in [0.25, 0.3) is 11.2 Å². The Balaban J connectivity index is 1.56. The molecule has 10 heteroatoms. The zero-order valence-corrected chi connectivity index (χ0v) is 15.5. The number of esters is 1. The van der Waals surface area contributed by atoms with Gasteiger partial charge in [0, 0.05) is 10.9 Å². The van der Waals surface area contributed by atoms with Crippen molar-refractivity contribution in [2.45, 2.75) is 32.3 Å². The molecule has 28 heavy (non-hydrogen) atoms. The summed E-state index contributed by atoms with van der Waals surface area (Å²) in [6.07, 6.45) is 4.00. The first kappa shape index (κ1) is 18.1. The minimum Gasteiger partial charge on any atom is -0.454 e. The maximum absolute atomic E-state index is 12.5. The van der Waals surface area contributed by atoms with E-state index < -0.39 is 10.9 Å². The van der Waals surface area contributed by atoms with Crippen LogP contribution in [-0.2, 0) is 24.2 Å². The predicted molar refractivity (Wildman–Crippen MR) is 104 cm³/mol. The third-order valence-electron chi connectivity index (χ3n) is 4.68. The number of aromatic amines is 1. The molecular formula is C18H16N4O5S. The molecule has 2 aromatic heterocycles. The minimum atomic E-state index is -0.767. The summed E-state index contributed by atoms with van der Waals surface area (Å²) >= 11 is 1.51. The summed E-state index contributed by atoms with van der Waals surface area (Å²) in [5.41, 5.74) is 5.95. The zero-order valence-electron chi connectivity index (χ0n) is 14.7. The molecule has 1 aromatic carbocycles. The Morgan fingerprint density at radius 3 is 2.93 bits per heavy atom. The summed E-state index contributed by atoms with van der Waals surface area (Å²) in [6.45, 7) is -0.245.